The van der Waals surface area contributed by atoms with Gasteiger partial charge >= 0.3 is 0 Å². The summed E-state index contributed by atoms with van der Waals surface area (Å²) in [6.45, 7) is 0.491. The van der Waals surface area contributed by atoms with Crippen LogP contribution >= 0.6 is 15.9 Å². The number of carbonyl (C=O) groups excluding carboxylic acids is 1. The minimum atomic E-state index is -0.294. The Morgan fingerprint density at radius 2 is 1.79 bits per heavy atom. The normalized spacial score (nSPS) is 12.5. The van der Waals surface area contributed by atoms with Gasteiger partial charge in [0.1, 0.15) is 17.7 Å². The van der Waals surface area contributed by atoms with Gasteiger partial charge in [-0.1, -0.05) is 46.3 Å². The zero-order valence-electron chi connectivity index (χ0n) is 12.7. The van der Waals surface area contributed by atoms with Gasteiger partial charge in [-0.15, -0.1) is 0 Å². The molecule has 0 radical (unpaired) electrons. The van der Waals surface area contributed by atoms with Gasteiger partial charge < -0.3 is 4.90 Å². The summed E-state index contributed by atoms with van der Waals surface area (Å²) in [6, 6.07) is 19.0. The Labute approximate surface area is 148 Å². The van der Waals surface area contributed by atoms with Crippen molar-refractivity contribution in [2.45, 2.75) is 6.42 Å². The minimum Gasteiger partial charge on any atom is -0.307 e. The lowest BCUT2D eigenvalue weighted by molar-refractivity contribution is -0.113. The molecule has 0 atom stereocenters. The summed E-state index contributed by atoms with van der Waals surface area (Å²) in [7, 11) is 0. The Hall–Kier alpha value is -2.89. The molecule has 0 saturated heterocycles. The average molecular weight is 378 g/mol. The second kappa shape index (κ2) is 6.70. The van der Waals surface area contributed by atoms with E-state index in [0.29, 0.717) is 18.5 Å². The molecule has 116 valence electrons. The number of hydrogen-bond acceptors (Lipinski definition) is 3. The molecular formula is C19H12BrN3O. The lowest BCUT2D eigenvalue weighted by Gasteiger charge is -2.17. The third kappa shape index (κ3) is 2.82. The molecule has 24 heavy (non-hydrogen) atoms. The van der Waals surface area contributed by atoms with Crippen LogP contribution < -0.4 is 4.90 Å². The lowest BCUT2D eigenvalue weighted by Crippen LogP contribution is -2.28. The van der Waals surface area contributed by atoms with E-state index in [1.54, 1.807) is 11.0 Å². The van der Waals surface area contributed by atoms with Crippen molar-refractivity contribution in [1.82, 2.24) is 0 Å². The number of fused-ring (bicyclic) bond motifs is 1. The summed E-state index contributed by atoms with van der Waals surface area (Å²) >= 11 is 3.38. The summed E-state index contributed by atoms with van der Waals surface area (Å²) in [6.07, 6.45) is 0.698. The molecule has 2 aromatic rings. The maximum Gasteiger partial charge on any atom is 0.261 e. The van der Waals surface area contributed by atoms with Crippen LogP contribution in [0.4, 0.5) is 5.69 Å². The van der Waals surface area contributed by atoms with Crippen molar-refractivity contribution in [3.05, 3.63) is 69.7 Å². The maximum absolute atomic E-state index is 12.8. The fourth-order valence-corrected chi connectivity index (χ4v) is 3.15. The van der Waals surface area contributed by atoms with Crippen LogP contribution in [-0.4, -0.2) is 12.5 Å². The van der Waals surface area contributed by atoms with Crippen molar-refractivity contribution in [2.24, 2.45) is 0 Å². The highest BCUT2D eigenvalue weighted by Gasteiger charge is 2.34. The van der Waals surface area contributed by atoms with Gasteiger partial charge in [-0.05, 0) is 30.2 Å². The van der Waals surface area contributed by atoms with Crippen molar-refractivity contribution in [1.29, 1.82) is 10.5 Å². The van der Waals surface area contributed by atoms with E-state index < -0.39 is 0 Å². The molecule has 1 aliphatic rings. The molecule has 0 fully saturated rings. The molecule has 0 saturated carbocycles. The molecule has 1 amide bonds. The number of anilines is 1. The van der Waals surface area contributed by atoms with Crippen LogP contribution in [0.3, 0.4) is 0 Å². The zero-order valence-corrected chi connectivity index (χ0v) is 14.2. The van der Waals surface area contributed by atoms with E-state index in [-0.39, 0.29) is 17.1 Å². The third-order valence-corrected chi connectivity index (χ3v) is 4.41. The van der Waals surface area contributed by atoms with Gasteiger partial charge in [0.15, 0.2) is 0 Å². The molecule has 1 heterocycles. The van der Waals surface area contributed by atoms with E-state index >= 15 is 0 Å². The van der Waals surface area contributed by atoms with Crippen molar-refractivity contribution in [3.63, 3.8) is 0 Å². The molecule has 0 aliphatic carbocycles. The number of allylic oxidation sites excluding steroid dienone is 1. The van der Waals surface area contributed by atoms with Gasteiger partial charge in [0.05, 0.1) is 11.3 Å². The van der Waals surface area contributed by atoms with E-state index in [9.17, 15) is 15.3 Å². The standard InChI is InChI=1S/C19H12BrN3O/c20-15-6-7-17-16(10-15)18(14(11-21)12-22)19(24)23(17)9-8-13-4-2-1-3-5-13/h1-7,10H,8-9H2. The first kappa shape index (κ1) is 16.0. The van der Waals surface area contributed by atoms with Gasteiger partial charge in [0.25, 0.3) is 5.91 Å². The number of halogens is 1. The van der Waals surface area contributed by atoms with Crippen molar-refractivity contribution in [2.75, 3.05) is 11.4 Å². The predicted molar refractivity (Wildman–Crippen MR) is 94.8 cm³/mol. The average Bonchev–Trinajstić information content (AvgIpc) is 2.87. The summed E-state index contributed by atoms with van der Waals surface area (Å²) in [5.74, 6) is -0.294. The second-order valence-electron chi connectivity index (χ2n) is 5.33. The zero-order chi connectivity index (χ0) is 17.1. The van der Waals surface area contributed by atoms with Gasteiger partial charge in [-0.25, -0.2) is 0 Å². The monoisotopic (exact) mass is 377 g/mol. The number of nitrogens with zero attached hydrogens (tertiary/aromatic N) is 3. The van der Waals surface area contributed by atoms with Crippen LogP contribution in [-0.2, 0) is 11.2 Å². The first-order valence-corrected chi connectivity index (χ1v) is 8.15. The molecule has 0 spiro atoms. The van der Waals surface area contributed by atoms with E-state index in [2.05, 4.69) is 15.9 Å². The van der Waals surface area contributed by atoms with Gasteiger partial charge in [0.2, 0.25) is 0 Å². The maximum atomic E-state index is 12.8. The summed E-state index contributed by atoms with van der Waals surface area (Å²) < 4.78 is 0.798. The van der Waals surface area contributed by atoms with Crippen LogP contribution in [0.15, 0.2) is 58.6 Å². The summed E-state index contributed by atoms with van der Waals surface area (Å²) in [5, 5.41) is 18.4. The number of hydrogen-bond donors (Lipinski definition) is 0. The highest BCUT2D eigenvalue weighted by molar-refractivity contribution is 9.10. The van der Waals surface area contributed by atoms with Crippen LogP contribution in [0.25, 0.3) is 5.57 Å². The molecule has 2 aromatic carbocycles. The SMILES string of the molecule is N#CC(C#N)=C1C(=O)N(CCc2ccccc2)c2ccc(Br)cc21. The predicted octanol–water partition coefficient (Wildman–Crippen LogP) is 3.84. The van der Waals surface area contributed by atoms with E-state index in [0.717, 1.165) is 15.7 Å². The Morgan fingerprint density at radius 3 is 2.46 bits per heavy atom. The van der Waals surface area contributed by atoms with E-state index in [4.69, 9.17) is 0 Å². The van der Waals surface area contributed by atoms with Gasteiger partial charge in [0, 0.05) is 16.6 Å². The van der Waals surface area contributed by atoms with Crippen molar-refractivity contribution < 1.29 is 4.79 Å². The number of amides is 1. The first-order chi connectivity index (χ1) is 11.7. The molecule has 0 bridgehead atoms. The number of carbonyl (C=O) groups is 1. The Kier molecular flexibility index (Phi) is 4.46. The van der Waals surface area contributed by atoms with Gasteiger partial charge in [-0.2, -0.15) is 10.5 Å². The van der Waals surface area contributed by atoms with Crippen LogP contribution in [0.1, 0.15) is 11.1 Å². The molecule has 0 unspecified atom stereocenters. The minimum absolute atomic E-state index is 0.151. The highest BCUT2D eigenvalue weighted by Crippen LogP contribution is 2.39. The fourth-order valence-electron chi connectivity index (χ4n) is 2.79. The largest absolute Gasteiger partial charge is 0.307 e. The fraction of sp³-hybridized carbons (Fsp3) is 0.105. The number of benzene rings is 2. The smallest absolute Gasteiger partial charge is 0.261 e. The van der Waals surface area contributed by atoms with Crippen LogP contribution in [0.2, 0.25) is 0 Å². The van der Waals surface area contributed by atoms with Crippen LogP contribution in [0, 0.1) is 22.7 Å². The Bertz CT molecular complexity index is 904. The number of nitriles is 2. The van der Waals surface area contributed by atoms with Crippen molar-refractivity contribution >= 4 is 33.1 Å². The van der Waals surface area contributed by atoms with Crippen molar-refractivity contribution in [3.8, 4) is 12.1 Å². The molecule has 4 nitrogen and oxygen atoms in total. The molecule has 0 aromatic heterocycles. The summed E-state index contributed by atoms with van der Waals surface area (Å²) in [5.41, 5.74) is 2.52. The second-order valence-corrected chi connectivity index (χ2v) is 6.24. The topological polar surface area (TPSA) is 67.9 Å². The highest BCUT2D eigenvalue weighted by atomic mass is 79.9. The van der Waals surface area contributed by atoms with Gasteiger partial charge in [-0.3, -0.25) is 4.79 Å². The number of rotatable bonds is 3. The lowest BCUT2D eigenvalue weighted by atomic mass is 10.0. The Balaban J connectivity index is 2.01. The Morgan fingerprint density at radius 1 is 1.08 bits per heavy atom. The van der Waals surface area contributed by atoms with Crippen LogP contribution in [0.5, 0.6) is 0 Å². The van der Waals surface area contributed by atoms with E-state index in [1.807, 2.05) is 54.6 Å². The molecule has 0 N–H and O–H groups in total. The van der Waals surface area contributed by atoms with E-state index in [1.165, 1.54) is 0 Å². The first-order valence-electron chi connectivity index (χ1n) is 7.36. The molecule has 3 rings (SSSR count). The third-order valence-electron chi connectivity index (χ3n) is 3.92. The molecule has 1 aliphatic heterocycles. The quantitative estimate of drug-likeness (QED) is 0.602. The molecule has 5 heteroatoms. The summed E-state index contributed by atoms with van der Waals surface area (Å²) in [4.78, 5) is 14.4. The molecular weight excluding hydrogens is 366 g/mol.